The van der Waals surface area contributed by atoms with Crippen LogP contribution in [0.1, 0.15) is 5.56 Å². The molecular weight excluding hydrogens is 234 g/mol. The fraction of sp³-hybridized carbons (Fsp3) is 0.167. The van der Waals surface area contributed by atoms with Gasteiger partial charge in [-0.1, -0.05) is 16.0 Å². The van der Waals surface area contributed by atoms with Gasteiger partial charge in [0.05, 0.1) is 4.34 Å². The van der Waals surface area contributed by atoms with Crippen LogP contribution in [0.2, 0.25) is 4.34 Å². The molecule has 0 spiro atoms. The molecule has 1 rings (SSSR count). The molecule has 0 unspecified atom stereocenters. The van der Waals surface area contributed by atoms with Crippen LogP contribution in [0.4, 0.5) is 0 Å². The number of hydrogen-bond acceptors (Lipinski definition) is 4. The Bertz CT molecular complexity index is 451. The molecule has 1 heterocycles. The van der Waals surface area contributed by atoms with Crippen molar-refractivity contribution in [1.29, 1.82) is 0 Å². The normalized spacial score (nSPS) is 10.9. The fourth-order valence-electron chi connectivity index (χ4n) is 0.653. The highest BCUT2D eigenvalue weighted by Crippen LogP contribution is 2.30. The first-order chi connectivity index (χ1) is 5.97. The average Bonchev–Trinajstić information content (AvgIpc) is 2.33. The van der Waals surface area contributed by atoms with E-state index in [-0.39, 0.29) is 4.21 Å². The molecule has 4 nitrogen and oxygen atoms in total. The van der Waals surface area contributed by atoms with Crippen LogP contribution >= 0.6 is 22.9 Å². The molecule has 0 aliphatic heterocycles. The second kappa shape index (κ2) is 3.59. The molecule has 0 aliphatic rings. The van der Waals surface area contributed by atoms with Crippen LogP contribution in [-0.4, -0.2) is 14.5 Å². The Kier molecular flexibility index (Phi) is 2.87. The maximum Gasteiger partial charge on any atom is 0.302 e. The zero-order chi connectivity index (χ0) is 10.1. The molecule has 0 fully saturated rings. The smallest absolute Gasteiger partial charge is 0.210 e. The minimum absolute atomic E-state index is 0.0432. The van der Waals surface area contributed by atoms with Crippen molar-refractivity contribution in [2.24, 2.45) is 4.40 Å². The van der Waals surface area contributed by atoms with Gasteiger partial charge in [0.25, 0.3) is 6.08 Å². The van der Waals surface area contributed by atoms with Gasteiger partial charge < -0.3 is 0 Å². The number of nitrogens with zero attached hydrogens (tertiary/aromatic N) is 1. The number of aryl methyl sites for hydroxylation is 1. The summed E-state index contributed by atoms with van der Waals surface area (Å²) >= 11 is 6.52. The molecule has 1 aromatic rings. The van der Waals surface area contributed by atoms with E-state index in [1.807, 2.05) is 0 Å². The fourth-order valence-corrected chi connectivity index (χ4v) is 3.02. The van der Waals surface area contributed by atoms with Crippen molar-refractivity contribution in [3.8, 4) is 0 Å². The number of halogens is 1. The zero-order valence-corrected chi connectivity index (χ0v) is 8.83. The lowest BCUT2D eigenvalue weighted by molar-refractivity contribution is 0.564. The van der Waals surface area contributed by atoms with Gasteiger partial charge in [0.1, 0.15) is 4.21 Å². The van der Waals surface area contributed by atoms with Crippen LogP contribution in [-0.2, 0) is 14.8 Å². The summed E-state index contributed by atoms with van der Waals surface area (Å²) in [6, 6.07) is 1.36. The van der Waals surface area contributed by atoms with Crippen molar-refractivity contribution in [2.75, 3.05) is 0 Å². The largest absolute Gasteiger partial charge is 0.302 e. The number of sulfonamides is 1. The molecule has 0 saturated carbocycles. The van der Waals surface area contributed by atoms with Gasteiger partial charge in [-0.3, -0.25) is 0 Å². The lowest BCUT2D eigenvalue weighted by atomic mass is 10.4. The summed E-state index contributed by atoms with van der Waals surface area (Å²) in [6.07, 6.45) is 0.986. The van der Waals surface area contributed by atoms with Crippen molar-refractivity contribution in [3.63, 3.8) is 0 Å². The van der Waals surface area contributed by atoms with E-state index in [9.17, 15) is 13.2 Å². The Balaban J connectivity index is 3.31. The van der Waals surface area contributed by atoms with Crippen LogP contribution in [0, 0.1) is 6.92 Å². The summed E-state index contributed by atoms with van der Waals surface area (Å²) in [7, 11) is -3.88. The Morgan fingerprint density at radius 2 is 2.23 bits per heavy atom. The van der Waals surface area contributed by atoms with Crippen molar-refractivity contribution in [3.05, 3.63) is 16.0 Å². The number of isocyanates is 1. The van der Waals surface area contributed by atoms with E-state index in [0.29, 0.717) is 9.90 Å². The summed E-state index contributed by atoms with van der Waals surface area (Å²) < 4.78 is 25.3. The molecule has 7 heteroatoms. The second-order valence-electron chi connectivity index (χ2n) is 2.18. The summed E-state index contributed by atoms with van der Waals surface area (Å²) in [5.41, 5.74) is 0.645. The van der Waals surface area contributed by atoms with E-state index in [2.05, 4.69) is 4.40 Å². The van der Waals surface area contributed by atoms with Crippen molar-refractivity contribution >= 4 is 39.0 Å². The molecule has 0 radical (unpaired) electrons. The molecule has 0 saturated heterocycles. The van der Waals surface area contributed by atoms with Crippen LogP contribution < -0.4 is 0 Å². The van der Waals surface area contributed by atoms with E-state index < -0.39 is 10.0 Å². The topological polar surface area (TPSA) is 63.6 Å². The van der Waals surface area contributed by atoms with Crippen LogP contribution in [0.15, 0.2) is 14.7 Å². The second-order valence-corrected chi connectivity index (χ2v) is 5.67. The van der Waals surface area contributed by atoms with Crippen LogP contribution in [0.25, 0.3) is 0 Å². The maximum absolute atomic E-state index is 11.1. The third-order valence-electron chi connectivity index (χ3n) is 1.25. The van der Waals surface area contributed by atoms with Crippen molar-refractivity contribution in [2.45, 2.75) is 11.1 Å². The molecule has 70 valence electrons. The molecule has 0 aromatic carbocycles. The van der Waals surface area contributed by atoms with E-state index in [1.165, 1.54) is 6.07 Å². The highest BCUT2D eigenvalue weighted by Gasteiger charge is 2.17. The number of hydrogen-bond donors (Lipinski definition) is 0. The van der Waals surface area contributed by atoms with Crippen LogP contribution in [0.3, 0.4) is 0 Å². The summed E-state index contributed by atoms with van der Waals surface area (Å²) in [6.45, 7) is 1.67. The Labute approximate surface area is 83.9 Å². The molecular formula is C6H4ClNO3S2. The van der Waals surface area contributed by atoms with Gasteiger partial charge >= 0.3 is 10.0 Å². The Morgan fingerprint density at radius 3 is 2.62 bits per heavy atom. The lowest BCUT2D eigenvalue weighted by Crippen LogP contribution is -1.91. The number of carbonyl (C=O) groups excluding carboxylic acids is 1. The molecule has 0 N–H and O–H groups in total. The predicted octanol–water partition coefficient (Wildman–Crippen LogP) is 1.73. The first-order valence-electron chi connectivity index (χ1n) is 3.07. The van der Waals surface area contributed by atoms with Gasteiger partial charge in [-0.15, -0.1) is 11.3 Å². The van der Waals surface area contributed by atoms with Gasteiger partial charge in [-0.05, 0) is 18.6 Å². The highest BCUT2D eigenvalue weighted by atomic mass is 35.5. The third kappa shape index (κ3) is 2.16. The highest BCUT2D eigenvalue weighted by molar-refractivity contribution is 7.92. The SMILES string of the molecule is Cc1cc(S(=O)(=O)N=C=O)sc1Cl. The Hall–Kier alpha value is -0.680. The van der Waals surface area contributed by atoms with Gasteiger partial charge in [0.15, 0.2) is 0 Å². The minimum Gasteiger partial charge on any atom is -0.210 e. The zero-order valence-electron chi connectivity index (χ0n) is 6.44. The lowest BCUT2D eigenvalue weighted by Gasteiger charge is -1.86. The number of rotatable bonds is 2. The van der Waals surface area contributed by atoms with E-state index in [4.69, 9.17) is 11.6 Å². The minimum atomic E-state index is -3.88. The van der Waals surface area contributed by atoms with Gasteiger partial charge in [-0.25, -0.2) is 4.79 Å². The first kappa shape index (κ1) is 10.4. The summed E-state index contributed by atoms with van der Waals surface area (Å²) in [4.78, 5) is 9.79. The molecule has 13 heavy (non-hydrogen) atoms. The van der Waals surface area contributed by atoms with Gasteiger partial charge in [-0.2, -0.15) is 8.42 Å². The van der Waals surface area contributed by atoms with Crippen molar-refractivity contribution < 1.29 is 13.2 Å². The molecule has 0 amide bonds. The summed E-state index contributed by atoms with van der Waals surface area (Å²) in [5, 5.41) is 0. The maximum atomic E-state index is 11.1. The standard InChI is InChI=1S/C6H4ClNO3S2/c1-4-2-5(12-6(4)7)13(10,11)8-3-9/h2H,1H3. The molecule has 0 atom stereocenters. The third-order valence-corrected chi connectivity index (χ3v) is 4.42. The van der Waals surface area contributed by atoms with E-state index in [1.54, 1.807) is 6.92 Å². The van der Waals surface area contributed by atoms with Gasteiger partial charge in [0.2, 0.25) is 0 Å². The average molecular weight is 238 g/mol. The van der Waals surface area contributed by atoms with Crippen molar-refractivity contribution in [1.82, 2.24) is 0 Å². The van der Waals surface area contributed by atoms with E-state index in [0.717, 1.165) is 17.4 Å². The quantitative estimate of drug-likeness (QED) is 0.581. The van der Waals surface area contributed by atoms with Crippen LogP contribution in [0.5, 0.6) is 0 Å². The Morgan fingerprint density at radius 1 is 1.62 bits per heavy atom. The summed E-state index contributed by atoms with van der Waals surface area (Å²) in [5.74, 6) is 0. The predicted molar refractivity (Wildman–Crippen MR) is 49.4 cm³/mol. The molecule has 0 bridgehead atoms. The number of thiophene rings is 1. The van der Waals surface area contributed by atoms with E-state index >= 15 is 0 Å². The molecule has 0 aliphatic carbocycles. The van der Waals surface area contributed by atoms with Gasteiger partial charge in [0, 0.05) is 0 Å². The first-order valence-corrected chi connectivity index (χ1v) is 5.71. The monoisotopic (exact) mass is 237 g/mol. The molecule has 1 aromatic heterocycles.